The van der Waals surface area contributed by atoms with Gasteiger partial charge >= 0.3 is 6.18 Å². The van der Waals surface area contributed by atoms with Crippen LogP contribution in [0.15, 0.2) is 53.5 Å². The number of benzene rings is 2. The zero-order valence-corrected chi connectivity index (χ0v) is 21.2. The summed E-state index contributed by atoms with van der Waals surface area (Å²) in [6.07, 6.45) is 1.98. The Kier molecular flexibility index (Phi) is 7.79. The summed E-state index contributed by atoms with van der Waals surface area (Å²) in [5.74, 6) is 0.751. The topological polar surface area (TPSA) is 54.1 Å². The van der Waals surface area contributed by atoms with Crippen LogP contribution in [-0.4, -0.2) is 23.7 Å². The highest BCUT2D eigenvalue weighted by Crippen LogP contribution is 2.45. The molecule has 1 unspecified atom stereocenters. The van der Waals surface area contributed by atoms with Crippen molar-refractivity contribution in [1.82, 2.24) is 10.3 Å². The number of nitrogens with one attached hydrogen (secondary N) is 2. The third kappa shape index (κ3) is 5.31. The minimum Gasteiger partial charge on any atom is -0.490 e. The van der Waals surface area contributed by atoms with Crippen molar-refractivity contribution in [3.8, 4) is 5.75 Å². The van der Waals surface area contributed by atoms with Crippen molar-refractivity contribution in [2.24, 2.45) is 0 Å². The summed E-state index contributed by atoms with van der Waals surface area (Å²) in [4.78, 5) is 14.8. The normalized spacial score (nSPS) is 21.4. The largest absolute Gasteiger partial charge is 0.490 e. The van der Waals surface area contributed by atoms with Gasteiger partial charge < -0.3 is 15.0 Å². The van der Waals surface area contributed by atoms with E-state index in [1.54, 1.807) is 6.20 Å². The molecule has 0 aliphatic heterocycles. The maximum Gasteiger partial charge on any atom is 0.416 e. The number of aromatic amines is 1. The third-order valence-corrected chi connectivity index (χ3v) is 7.67. The number of halogens is 3. The molecular formula is C29H35F3N2O2. The Morgan fingerprint density at radius 1 is 1.14 bits per heavy atom. The van der Waals surface area contributed by atoms with Gasteiger partial charge in [0.25, 0.3) is 5.56 Å². The number of H-pyrrole nitrogens is 1. The molecule has 36 heavy (non-hydrogen) atoms. The second-order valence-electron chi connectivity index (χ2n) is 9.98. The zero-order chi connectivity index (χ0) is 25.9. The Hall–Kier alpha value is -2.80. The molecule has 0 saturated heterocycles. The lowest BCUT2D eigenvalue weighted by Crippen LogP contribution is -2.51. The number of rotatable bonds is 8. The Morgan fingerprint density at radius 2 is 1.89 bits per heavy atom. The van der Waals surface area contributed by atoms with Gasteiger partial charge in [0.1, 0.15) is 5.75 Å². The van der Waals surface area contributed by atoms with Crippen LogP contribution in [0.2, 0.25) is 0 Å². The first-order valence-corrected chi connectivity index (χ1v) is 12.9. The van der Waals surface area contributed by atoms with Crippen LogP contribution in [0.25, 0.3) is 10.8 Å². The predicted molar refractivity (Wildman–Crippen MR) is 138 cm³/mol. The molecule has 4 nitrogen and oxygen atoms in total. The quantitative estimate of drug-likeness (QED) is 0.354. The Balaban J connectivity index is 1.60. The first-order chi connectivity index (χ1) is 17.2. The summed E-state index contributed by atoms with van der Waals surface area (Å²) in [5, 5.41) is 5.08. The van der Waals surface area contributed by atoms with E-state index < -0.39 is 17.2 Å². The zero-order valence-electron chi connectivity index (χ0n) is 21.2. The van der Waals surface area contributed by atoms with Gasteiger partial charge in [0, 0.05) is 23.0 Å². The fourth-order valence-corrected chi connectivity index (χ4v) is 5.75. The van der Waals surface area contributed by atoms with Crippen LogP contribution in [0.1, 0.15) is 69.1 Å². The van der Waals surface area contributed by atoms with Crippen LogP contribution in [0, 0.1) is 6.92 Å². The molecule has 1 aliphatic carbocycles. The molecule has 1 heterocycles. The van der Waals surface area contributed by atoms with Crippen LogP contribution >= 0.6 is 0 Å². The van der Waals surface area contributed by atoms with Crippen molar-refractivity contribution in [3.05, 3.63) is 75.7 Å². The van der Waals surface area contributed by atoms with Gasteiger partial charge in [0.15, 0.2) is 0 Å². The summed E-state index contributed by atoms with van der Waals surface area (Å²) >= 11 is 0. The number of ether oxygens (including phenoxy) is 1. The molecule has 194 valence electrons. The Bertz CT molecular complexity index is 1240. The first kappa shape index (κ1) is 26.3. The van der Waals surface area contributed by atoms with E-state index in [1.165, 1.54) is 12.1 Å². The summed E-state index contributed by atoms with van der Waals surface area (Å²) in [7, 11) is 0. The molecule has 0 radical (unpaired) electrons. The van der Waals surface area contributed by atoms with Crippen LogP contribution < -0.4 is 15.6 Å². The number of aryl methyl sites for hydroxylation is 1. The number of aromatic nitrogens is 1. The fourth-order valence-electron chi connectivity index (χ4n) is 5.75. The monoisotopic (exact) mass is 500 g/mol. The Morgan fingerprint density at radius 3 is 2.56 bits per heavy atom. The molecule has 1 aromatic heterocycles. The van der Waals surface area contributed by atoms with E-state index in [9.17, 15) is 18.0 Å². The van der Waals surface area contributed by atoms with Gasteiger partial charge in [-0.3, -0.25) is 4.79 Å². The van der Waals surface area contributed by atoms with E-state index in [1.807, 2.05) is 31.2 Å². The molecule has 2 N–H and O–H groups in total. The summed E-state index contributed by atoms with van der Waals surface area (Å²) < 4.78 is 47.1. The Labute approximate surface area is 210 Å². The fraction of sp³-hybridized carbons (Fsp3) is 0.483. The second kappa shape index (κ2) is 10.7. The average molecular weight is 501 g/mol. The van der Waals surface area contributed by atoms with Crippen molar-refractivity contribution < 1.29 is 17.9 Å². The molecule has 0 amide bonds. The third-order valence-electron chi connectivity index (χ3n) is 7.67. The minimum absolute atomic E-state index is 0.0363. The van der Waals surface area contributed by atoms with E-state index >= 15 is 0 Å². The molecule has 3 aromatic rings. The van der Waals surface area contributed by atoms with Gasteiger partial charge in [-0.25, -0.2) is 0 Å². The molecule has 1 atom stereocenters. The lowest BCUT2D eigenvalue weighted by atomic mass is 9.63. The van der Waals surface area contributed by atoms with Gasteiger partial charge in [-0.2, -0.15) is 13.2 Å². The first-order valence-electron chi connectivity index (χ1n) is 12.9. The highest BCUT2D eigenvalue weighted by Gasteiger charge is 2.44. The van der Waals surface area contributed by atoms with E-state index in [-0.39, 0.29) is 17.7 Å². The molecule has 4 rings (SSSR count). The summed E-state index contributed by atoms with van der Waals surface area (Å²) in [5.41, 5.74) is 0.537. The standard InChI is InChI=1S/C29H35F3N2O2/c1-4-14-33-26(5-2)28(21-7-6-8-22(18-21)29(30,31)32)12-9-23(10-13-28)36-25-17-20-11-15-34-27(35)24(20)16-19(25)3/h6-8,11,15-18,23,26,33H,4-5,9-10,12-14H2,1-3H3,(H,34,35). The van der Waals surface area contributed by atoms with Crippen molar-refractivity contribution in [2.45, 2.75) is 83.0 Å². The number of fused-ring (bicyclic) bond motifs is 1. The second-order valence-corrected chi connectivity index (χ2v) is 9.98. The van der Waals surface area contributed by atoms with Crippen LogP contribution in [0.4, 0.5) is 13.2 Å². The molecule has 1 saturated carbocycles. The van der Waals surface area contributed by atoms with E-state index in [4.69, 9.17) is 4.74 Å². The van der Waals surface area contributed by atoms with Crippen molar-refractivity contribution in [3.63, 3.8) is 0 Å². The van der Waals surface area contributed by atoms with Crippen LogP contribution in [0.5, 0.6) is 5.75 Å². The summed E-state index contributed by atoms with van der Waals surface area (Å²) in [6, 6.07) is 11.6. The number of alkyl halides is 3. The van der Waals surface area contributed by atoms with Gasteiger partial charge in [-0.05, 0) is 92.8 Å². The average Bonchev–Trinajstić information content (AvgIpc) is 2.86. The van der Waals surface area contributed by atoms with E-state index in [0.717, 1.165) is 73.4 Å². The van der Waals surface area contributed by atoms with E-state index in [2.05, 4.69) is 24.1 Å². The lowest BCUT2D eigenvalue weighted by Gasteiger charge is -2.46. The van der Waals surface area contributed by atoms with Crippen molar-refractivity contribution >= 4 is 10.8 Å². The maximum absolute atomic E-state index is 13.6. The van der Waals surface area contributed by atoms with E-state index in [0.29, 0.717) is 5.39 Å². The molecule has 0 bridgehead atoms. The van der Waals surface area contributed by atoms with Crippen molar-refractivity contribution in [2.75, 3.05) is 6.54 Å². The molecule has 2 aromatic carbocycles. The smallest absolute Gasteiger partial charge is 0.416 e. The number of pyridine rings is 1. The van der Waals surface area contributed by atoms with Crippen molar-refractivity contribution in [1.29, 1.82) is 0 Å². The number of hydrogen-bond donors (Lipinski definition) is 2. The van der Waals surface area contributed by atoms with Gasteiger partial charge in [-0.1, -0.05) is 32.0 Å². The van der Waals surface area contributed by atoms with Gasteiger partial charge in [-0.15, -0.1) is 0 Å². The lowest BCUT2D eigenvalue weighted by molar-refractivity contribution is -0.137. The molecule has 0 spiro atoms. The van der Waals surface area contributed by atoms with Crippen LogP contribution in [0.3, 0.4) is 0 Å². The van der Waals surface area contributed by atoms with Gasteiger partial charge in [0.05, 0.1) is 11.7 Å². The highest BCUT2D eigenvalue weighted by molar-refractivity contribution is 5.83. The molecule has 1 fully saturated rings. The SMILES string of the molecule is CCCNC(CC)C1(c2cccc(C(F)(F)F)c2)CCC(Oc2cc3cc[nH]c(=O)c3cc2C)CC1. The number of hydrogen-bond acceptors (Lipinski definition) is 3. The molecule has 1 aliphatic rings. The predicted octanol–water partition coefficient (Wildman–Crippen LogP) is 6.89. The summed E-state index contributed by atoms with van der Waals surface area (Å²) in [6.45, 7) is 6.96. The maximum atomic E-state index is 13.6. The minimum atomic E-state index is -4.37. The highest BCUT2D eigenvalue weighted by atomic mass is 19.4. The molecular weight excluding hydrogens is 465 g/mol. The van der Waals surface area contributed by atoms with Gasteiger partial charge in [0.2, 0.25) is 0 Å². The molecule has 7 heteroatoms. The van der Waals surface area contributed by atoms with Crippen LogP contribution in [-0.2, 0) is 11.6 Å².